The van der Waals surface area contributed by atoms with Crippen LogP contribution in [0.4, 0.5) is 0 Å². The van der Waals surface area contributed by atoms with Gasteiger partial charge >= 0.3 is 0 Å². The van der Waals surface area contributed by atoms with Crippen LogP contribution >= 0.6 is 0 Å². The highest BCUT2D eigenvalue weighted by molar-refractivity contribution is 5.20. The van der Waals surface area contributed by atoms with E-state index in [-0.39, 0.29) is 6.04 Å². The Hall–Kier alpha value is -1.29. The van der Waals surface area contributed by atoms with Crippen molar-refractivity contribution in [3.8, 4) is 6.57 Å². The number of hydrogen-bond acceptors (Lipinski definition) is 0. The van der Waals surface area contributed by atoms with Gasteiger partial charge in [0.15, 0.2) is 0 Å². The summed E-state index contributed by atoms with van der Waals surface area (Å²) >= 11 is 0. The summed E-state index contributed by atoms with van der Waals surface area (Å²) in [7, 11) is 0. The largest absolute Gasteiger partial charge is 0.294 e. The van der Waals surface area contributed by atoms with Crippen LogP contribution in [0.2, 0.25) is 0 Å². The standard InChI is InChI=1S/C9H10N/c1-8(10-2)9-6-4-3-5-7-9/h2-8H,1H3/q+1/t8-/m1/s1. The van der Waals surface area contributed by atoms with E-state index in [0.717, 1.165) is 5.56 Å². The number of nitrogens with zero attached hydrogens (tertiary/aromatic N) is 1. The molecule has 0 N–H and O–H groups in total. The van der Waals surface area contributed by atoms with Gasteiger partial charge in [0.2, 0.25) is 0 Å². The lowest BCUT2D eigenvalue weighted by Gasteiger charge is -1.91. The van der Waals surface area contributed by atoms with E-state index in [9.17, 15) is 0 Å². The molecule has 0 unspecified atom stereocenters. The van der Waals surface area contributed by atoms with E-state index in [1.54, 1.807) is 0 Å². The van der Waals surface area contributed by atoms with Gasteiger partial charge in [0.05, 0.1) is 0 Å². The average molecular weight is 132 g/mol. The lowest BCUT2D eigenvalue weighted by Crippen LogP contribution is -1.83. The first-order valence-corrected chi connectivity index (χ1v) is 3.29. The predicted octanol–water partition coefficient (Wildman–Crippen LogP) is 2.71. The highest BCUT2D eigenvalue weighted by atomic mass is 14.7. The monoisotopic (exact) mass is 132 g/mol. The van der Waals surface area contributed by atoms with Crippen LogP contribution in [0.15, 0.2) is 30.3 Å². The summed E-state index contributed by atoms with van der Waals surface area (Å²) in [6.07, 6.45) is 0. The van der Waals surface area contributed by atoms with Gasteiger partial charge < -0.3 is 0 Å². The van der Waals surface area contributed by atoms with E-state index in [0.29, 0.717) is 0 Å². The Labute approximate surface area is 61.1 Å². The molecule has 1 rings (SSSR count). The Morgan fingerprint density at radius 3 is 2.40 bits per heavy atom. The van der Waals surface area contributed by atoms with Crippen molar-refractivity contribution in [3.05, 3.63) is 40.7 Å². The SMILES string of the molecule is C#[N+][C@H](C)c1ccccc1. The third kappa shape index (κ3) is 1.35. The van der Waals surface area contributed by atoms with Gasteiger partial charge in [0, 0.05) is 12.5 Å². The minimum atomic E-state index is 0.112. The van der Waals surface area contributed by atoms with Crippen molar-refractivity contribution < 1.29 is 0 Å². The minimum Gasteiger partial charge on any atom is -0.0787 e. The molecule has 0 bridgehead atoms. The van der Waals surface area contributed by atoms with E-state index >= 15 is 0 Å². The van der Waals surface area contributed by atoms with Crippen LogP contribution in [0, 0.1) is 6.57 Å². The molecular weight excluding hydrogens is 122 g/mol. The Kier molecular flexibility index (Phi) is 2.07. The van der Waals surface area contributed by atoms with Crippen LogP contribution in [-0.4, -0.2) is 0 Å². The lowest BCUT2D eigenvalue weighted by atomic mass is 10.1. The third-order valence-corrected chi connectivity index (χ3v) is 1.51. The lowest BCUT2D eigenvalue weighted by molar-refractivity contribution is 0.965. The first-order valence-electron chi connectivity index (χ1n) is 3.29. The number of rotatable bonds is 1. The highest BCUT2D eigenvalue weighted by Gasteiger charge is 2.09. The molecule has 0 fully saturated rings. The summed E-state index contributed by atoms with van der Waals surface area (Å²) in [5.41, 5.74) is 1.16. The van der Waals surface area contributed by atoms with Gasteiger partial charge in [-0.25, -0.2) is 0 Å². The number of hydrogen-bond donors (Lipinski definition) is 0. The normalized spacial score (nSPS) is 12.0. The molecule has 50 valence electrons. The molecule has 1 heteroatoms. The third-order valence-electron chi connectivity index (χ3n) is 1.51. The molecule has 1 atom stereocenters. The fourth-order valence-corrected chi connectivity index (χ4v) is 0.818. The van der Waals surface area contributed by atoms with Crippen molar-refractivity contribution in [3.63, 3.8) is 0 Å². The Bertz CT molecular complexity index is 233. The zero-order valence-corrected chi connectivity index (χ0v) is 5.99. The summed E-state index contributed by atoms with van der Waals surface area (Å²) in [4.78, 5) is 3.66. The summed E-state index contributed by atoms with van der Waals surface area (Å²) < 4.78 is 0. The van der Waals surface area contributed by atoms with Crippen LogP contribution in [-0.2, 0) is 0 Å². The fraction of sp³-hybridized carbons (Fsp3) is 0.222. The van der Waals surface area contributed by atoms with E-state index in [4.69, 9.17) is 6.57 Å². The van der Waals surface area contributed by atoms with E-state index in [1.165, 1.54) is 0 Å². The number of benzene rings is 1. The van der Waals surface area contributed by atoms with Crippen molar-refractivity contribution in [2.24, 2.45) is 0 Å². The quantitative estimate of drug-likeness (QED) is 0.553. The molecule has 0 aromatic heterocycles. The van der Waals surface area contributed by atoms with Crippen LogP contribution < -0.4 is 0 Å². The van der Waals surface area contributed by atoms with Crippen molar-refractivity contribution in [2.75, 3.05) is 0 Å². The molecule has 0 saturated carbocycles. The molecule has 0 heterocycles. The smallest absolute Gasteiger partial charge is 0.0787 e. The molecule has 0 aliphatic heterocycles. The molecule has 0 aliphatic carbocycles. The van der Waals surface area contributed by atoms with Crippen molar-refractivity contribution in [2.45, 2.75) is 13.0 Å². The van der Waals surface area contributed by atoms with Gasteiger partial charge in [-0.15, -0.1) is 0 Å². The maximum Gasteiger partial charge on any atom is 0.294 e. The first-order chi connectivity index (χ1) is 4.84. The predicted molar refractivity (Wildman–Crippen MR) is 43.2 cm³/mol. The van der Waals surface area contributed by atoms with Gasteiger partial charge in [0.25, 0.3) is 12.6 Å². The molecule has 10 heavy (non-hydrogen) atoms. The summed E-state index contributed by atoms with van der Waals surface area (Å²) in [6, 6.07) is 10.1. The summed E-state index contributed by atoms with van der Waals surface area (Å²) in [6.45, 7) is 7.10. The average Bonchev–Trinajstić information content (AvgIpc) is 2.05. The maximum atomic E-state index is 5.13. The topological polar surface area (TPSA) is 4.36 Å². The van der Waals surface area contributed by atoms with Crippen LogP contribution in [0.1, 0.15) is 18.5 Å². The molecule has 0 aliphatic rings. The fourth-order valence-electron chi connectivity index (χ4n) is 0.818. The molecule has 0 amide bonds. The van der Waals surface area contributed by atoms with Crippen LogP contribution in [0.3, 0.4) is 0 Å². The van der Waals surface area contributed by atoms with Crippen LogP contribution in [0.25, 0.3) is 4.85 Å². The van der Waals surface area contributed by atoms with Crippen LogP contribution in [0.5, 0.6) is 0 Å². The zero-order valence-electron chi connectivity index (χ0n) is 5.99. The molecule has 1 aromatic rings. The molecule has 0 spiro atoms. The van der Waals surface area contributed by atoms with Gasteiger partial charge in [0.1, 0.15) is 0 Å². The Morgan fingerprint density at radius 1 is 1.30 bits per heavy atom. The molecule has 0 radical (unpaired) electrons. The Morgan fingerprint density at radius 2 is 1.90 bits per heavy atom. The van der Waals surface area contributed by atoms with Crippen molar-refractivity contribution in [1.82, 2.24) is 0 Å². The van der Waals surface area contributed by atoms with Gasteiger partial charge in [-0.2, -0.15) is 0 Å². The second kappa shape index (κ2) is 3.03. The van der Waals surface area contributed by atoms with Crippen molar-refractivity contribution >= 4 is 0 Å². The van der Waals surface area contributed by atoms with Gasteiger partial charge in [-0.3, -0.25) is 0 Å². The second-order valence-electron chi connectivity index (χ2n) is 2.24. The molecular formula is C9H10N+. The Balaban J connectivity index is 2.88. The summed E-state index contributed by atoms with van der Waals surface area (Å²) in [5.74, 6) is 0. The van der Waals surface area contributed by atoms with Crippen molar-refractivity contribution in [1.29, 1.82) is 0 Å². The van der Waals surface area contributed by atoms with E-state index in [1.807, 2.05) is 37.3 Å². The molecule has 1 nitrogen and oxygen atoms in total. The molecule has 0 saturated heterocycles. The zero-order chi connectivity index (χ0) is 7.40. The molecule has 1 aromatic carbocycles. The maximum absolute atomic E-state index is 5.13. The summed E-state index contributed by atoms with van der Waals surface area (Å²) in [5, 5.41) is 0. The minimum absolute atomic E-state index is 0.112. The highest BCUT2D eigenvalue weighted by Crippen LogP contribution is 2.14. The van der Waals surface area contributed by atoms with Gasteiger partial charge in [-0.05, 0) is 0 Å². The van der Waals surface area contributed by atoms with E-state index < -0.39 is 0 Å². The van der Waals surface area contributed by atoms with Gasteiger partial charge in [-0.1, -0.05) is 35.2 Å². The second-order valence-corrected chi connectivity index (χ2v) is 2.24. The first kappa shape index (κ1) is 6.82. The van der Waals surface area contributed by atoms with E-state index in [2.05, 4.69) is 4.85 Å².